The van der Waals surface area contributed by atoms with Crippen LogP contribution in [-0.2, 0) is 0 Å². The topological polar surface area (TPSA) is 35.9 Å². The van der Waals surface area contributed by atoms with Gasteiger partial charge in [-0.3, -0.25) is 0 Å². The van der Waals surface area contributed by atoms with Crippen LogP contribution >= 0.6 is 0 Å². The molecule has 1 heterocycles. The lowest BCUT2D eigenvalue weighted by atomic mass is 9.75. The molecule has 2 nitrogen and oxygen atoms in total. The van der Waals surface area contributed by atoms with Crippen molar-refractivity contribution in [3.8, 4) is 0 Å². The summed E-state index contributed by atoms with van der Waals surface area (Å²) in [5, 5.41) is 11.5. The summed E-state index contributed by atoms with van der Waals surface area (Å²) in [4.78, 5) is 0. The molecule has 7 atom stereocenters. The summed E-state index contributed by atoms with van der Waals surface area (Å²) in [6.07, 6.45) is 44.2. The Bertz CT molecular complexity index is 1300. The molecule has 0 aromatic carbocycles. The highest BCUT2D eigenvalue weighted by atomic mass is 15.0. The van der Waals surface area contributed by atoms with E-state index in [1.54, 1.807) is 22.8 Å². The molecule has 214 valence electrons. The molecule has 0 spiro atoms. The van der Waals surface area contributed by atoms with Gasteiger partial charge in [-0.25, -0.2) is 0 Å². The summed E-state index contributed by atoms with van der Waals surface area (Å²) < 4.78 is 0. The lowest BCUT2D eigenvalue weighted by Gasteiger charge is -2.39. The van der Waals surface area contributed by atoms with E-state index in [2.05, 4.69) is 85.7 Å². The average molecular weight is 545 g/mol. The quantitative estimate of drug-likeness (QED) is 0.103. The van der Waals surface area contributed by atoms with Gasteiger partial charge in [-0.05, 0) is 79.1 Å². The number of hydrogen-bond donors (Lipinski definition) is 2. The molecule has 2 fully saturated rings. The van der Waals surface area contributed by atoms with Crippen molar-refractivity contribution < 1.29 is 0 Å². The summed E-state index contributed by atoms with van der Waals surface area (Å²) >= 11 is 0. The van der Waals surface area contributed by atoms with Crippen molar-refractivity contribution in [2.45, 2.75) is 83.2 Å². The van der Waals surface area contributed by atoms with E-state index in [1.807, 2.05) is 6.08 Å². The van der Waals surface area contributed by atoms with Crippen LogP contribution in [0.5, 0.6) is 0 Å². The molecular weight excluding hydrogens is 496 g/mol. The molecule has 0 bridgehead atoms. The molecule has 41 heavy (non-hydrogen) atoms. The third-order valence-corrected chi connectivity index (χ3v) is 10.3. The second-order valence-corrected chi connectivity index (χ2v) is 12.9. The van der Waals surface area contributed by atoms with Gasteiger partial charge >= 0.3 is 0 Å². The molecule has 2 N–H and O–H groups in total. The smallest absolute Gasteiger partial charge is 0.0306 e. The summed E-state index contributed by atoms with van der Waals surface area (Å²) in [7, 11) is 0. The molecule has 1 saturated heterocycles. The maximum absolute atomic E-state index is 7.70. The Morgan fingerprint density at radius 3 is 2.66 bits per heavy atom. The molecular formula is C39H48N2. The second-order valence-electron chi connectivity index (χ2n) is 12.9. The zero-order chi connectivity index (χ0) is 28.2. The molecule has 1 saturated carbocycles. The normalized spacial score (nSPS) is 33.9. The predicted octanol–water partition coefficient (Wildman–Crippen LogP) is 9.46. The van der Waals surface area contributed by atoms with Gasteiger partial charge in [-0.2, -0.15) is 0 Å². The van der Waals surface area contributed by atoms with Gasteiger partial charge in [-0.1, -0.05) is 123 Å². The monoisotopic (exact) mass is 544 g/mol. The van der Waals surface area contributed by atoms with Gasteiger partial charge in [0.2, 0.25) is 0 Å². The van der Waals surface area contributed by atoms with E-state index in [9.17, 15) is 0 Å². The Morgan fingerprint density at radius 2 is 1.93 bits per heavy atom. The second kappa shape index (κ2) is 12.9. The fourth-order valence-corrected chi connectivity index (χ4v) is 7.67. The van der Waals surface area contributed by atoms with Gasteiger partial charge in [0.1, 0.15) is 0 Å². The van der Waals surface area contributed by atoms with Crippen LogP contribution in [0.15, 0.2) is 119 Å². The maximum Gasteiger partial charge on any atom is 0.0306 e. The van der Waals surface area contributed by atoms with Gasteiger partial charge in [0.05, 0.1) is 0 Å². The van der Waals surface area contributed by atoms with Crippen LogP contribution in [-0.4, -0.2) is 18.3 Å². The molecule has 6 aliphatic rings. The number of nitrogens with one attached hydrogen (secondary N) is 2. The Hall–Kier alpha value is -2.97. The summed E-state index contributed by atoms with van der Waals surface area (Å²) in [6, 6.07) is 1.13. The Balaban J connectivity index is 0.963. The maximum atomic E-state index is 7.70. The van der Waals surface area contributed by atoms with Crippen molar-refractivity contribution in [1.82, 2.24) is 5.32 Å². The molecule has 1 aliphatic heterocycles. The Kier molecular flexibility index (Phi) is 8.87. The fourth-order valence-electron chi connectivity index (χ4n) is 7.67. The van der Waals surface area contributed by atoms with Crippen LogP contribution in [0.3, 0.4) is 0 Å². The zero-order valence-corrected chi connectivity index (χ0v) is 24.9. The minimum atomic E-state index is 0.311. The van der Waals surface area contributed by atoms with Crippen LogP contribution in [0, 0.1) is 35.0 Å². The minimum absolute atomic E-state index is 0.311. The average Bonchev–Trinajstić information content (AvgIpc) is 3.58. The fraction of sp³-hybridized carbons (Fsp3) is 0.462. The molecule has 0 aromatic rings. The first-order chi connectivity index (χ1) is 20.2. The van der Waals surface area contributed by atoms with Crippen molar-refractivity contribution in [3.63, 3.8) is 0 Å². The molecule has 4 unspecified atom stereocenters. The van der Waals surface area contributed by atoms with Crippen LogP contribution in [0.2, 0.25) is 0 Å². The third kappa shape index (κ3) is 6.14. The van der Waals surface area contributed by atoms with Gasteiger partial charge in [0.25, 0.3) is 0 Å². The molecule has 2 heteroatoms. The number of allylic oxidation sites excluding steroid dienone is 17. The lowest BCUT2D eigenvalue weighted by molar-refractivity contribution is 0.325. The molecule has 6 rings (SSSR count). The first kappa shape index (κ1) is 28.2. The predicted molar refractivity (Wildman–Crippen MR) is 175 cm³/mol. The van der Waals surface area contributed by atoms with Crippen molar-refractivity contribution in [2.24, 2.45) is 29.6 Å². The van der Waals surface area contributed by atoms with Gasteiger partial charge in [-0.15, -0.1) is 0 Å². The summed E-state index contributed by atoms with van der Waals surface area (Å²) in [6.45, 7) is 6.07. The standard InChI is InChI=1S/C39H48N2/c1-3-5-6-7-8-9-14-34-24-37(41-34)32-13-10-12-31(23-32)27-17-21-30(22-18-27)38-36-25-35(39(36)38)29-19-15-28(16-20-29)33(26-40)11-4-2/h4,9-15,17,19-22,26-28,31,34-37,40-41H,2-3,5-8,16,18,23-25H2,1H3/b14-9+,33-11+,40-26?/t27?,28-,31?,34?,35-,36+,37?/m1/s1. The van der Waals surface area contributed by atoms with Crippen molar-refractivity contribution >= 4 is 6.21 Å². The van der Waals surface area contributed by atoms with E-state index < -0.39 is 0 Å². The van der Waals surface area contributed by atoms with Crippen LogP contribution in [0.4, 0.5) is 0 Å². The van der Waals surface area contributed by atoms with Crippen molar-refractivity contribution in [2.75, 3.05) is 0 Å². The molecule has 0 radical (unpaired) electrons. The van der Waals surface area contributed by atoms with Crippen molar-refractivity contribution in [3.05, 3.63) is 119 Å². The highest BCUT2D eigenvalue weighted by molar-refractivity contribution is 5.78. The van der Waals surface area contributed by atoms with E-state index in [1.165, 1.54) is 68.7 Å². The zero-order valence-electron chi connectivity index (χ0n) is 24.9. The molecule has 0 aromatic heterocycles. The number of rotatable bonds is 13. The third-order valence-electron chi connectivity index (χ3n) is 10.3. The van der Waals surface area contributed by atoms with E-state index in [-0.39, 0.29) is 0 Å². The van der Waals surface area contributed by atoms with Gasteiger partial charge in [0.15, 0.2) is 0 Å². The van der Waals surface area contributed by atoms with Crippen LogP contribution in [0.1, 0.15) is 71.1 Å². The van der Waals surface area contributed by atoms with E-state index >= 15 is 0 Å². The summed E-state index contributed by atoms with van der Waals surface area (Å²) in [5.41, 5.74) is 8.99. The van der Waals surface area contributed by atoms with E-state index in [0.717, 1.165) is 24.3 Å². The van der Waals surface area contributed by atoms with E-state index in [4.69, 9.17) is 5.41 Å². The summed E-state index contributed by atoms with van der Waals surface area (Å²) in [5.74, 6) is 2.90. The SMILES string of the molecule is C=C/C=C(\C=N)[C@@H]1C=CC([C@H]2C[C@H]3C(C4=CCC(C5C=CC=C(C6CC(/C=C/CCCCCC)N6)C5)C=C4)=C23)=CC1. The first-order valence-electron chi connectivity index (χ1n) is 16.3. The molecule has 5 aliphatic carbocycles. The van der Waals surface area contributed by atoms with Crippen molar-refractivity contribution in [1.29, 1.82) is 5.41 Å². The minimum Gasteiger partial charge on any atom is -0.308 e. The number of unbranched alkanes of at least 4 members (excludes halogenated alkanes) is 4. The first-order valence-corrected chi connectivity index (χ1v) is 16.3. The largest absolute Gasteiger partial charge is 0.308 e. The number of fused-ring (bicyclic) bond motifs is 1. The lowest BCUT2D eigenvalue weighted by Crippen LogP contribution is -2.52. The molecule has 0 amide bonds. The Labute approximate surface area is 248 Å². The highest BCUT2D eigenvalue weighted by Crippen LogP contribution is 2.64. The van der Waals surface area contributed by atoms with Gasteiger partial charge < -0.3 is 10.7 Å². The van der Waals surface area contributed by atoms with E-state index in [0.29, 0.717) is 35.8 Å². The van der Waals surface area contributed by atoms with Gasteiger partial charge in [0, 0.05) is 36.1 Å². The number of hydrogen-bond acceptors (Lipinski definition) is 2. The van der Waals surface area contributed by atoms with Crippen LogP contribution < -0.4 is 5.32 Å². The Morgan fingerprint density at radius 1 is 1.02 bits per heavy atom. The highest BCUT2D eigenvalue weighted by Gasteiger charge is 2.52. The van der Waals surface area contributed by atoms with Crippen LogP contribution in [0.25, 0.3) is 0 Å².